The molecule has 2 aromatic heterocycles. The van der Waals surface area contributed by atoms with Crippen LogP contribution in [-0.2, 0) is 4.74 Å². The number of hydrogen-bond acceptors (Lipinski definition) is 8. The van der Waals surface area contributed by atoms with Crippen LogP contribution in [0.3, 0.4) is 0 Å². The first kappa shape index (κ1) is 16.9. The zero-order chi connectivity index (χ0) is 18.4. The van der Waals surface area contributed by atoms with Crippen LogP contribution in [0.15, 0.2) is 30.6 Å². The highest BCUT2D eigenvalue weighted by atomic mass is 16.6. The number of nitrogens with zero attached hydrogens (tertiary/aromatic N) is 4. The maximum absolute atomic E-state index is 10.3. The third-order valence-corrected chi connectivity index (χ3v) is 4.55. The highest BCUT2D eigenvalue weighted by molar-refractivity contribution is 5.83. The van der Waals surface area contributed by atoms with Gasteiger partial charge < -0.3 is 25.8 Å². The SMILES string of the molecule is Cc1ccc(-c2nc(N)c3ncn([C@@H]4O[C@H](CO)[C@@H](O)[C@H]4O)c3n2)cc1. The Morgan fingerprint density at radius 2 is 1.88 bits per heavy atom. The van der Waals surface area contributed by atoms with Gasteiger partial charge in [0.05, 0.1) is 12.9 Å². The van der Waals surface area contributed by atoms with Crippen molar-refractivity contribution in [1.29, 1.82) is 0 Å². The second kappa shape index (κ2) is 6.29. The first-order valence-electron chi connectivity index (χ1n) is 8.19. The van der Waals surface area contributed by atoms with E-state index in [2.05, 4.69) is 15.0 Å². The number of benzene rings is 1. The molecule has 0 amide bonds. The lowest BCUT2D eigenvalue weighted by atomic mass is 10.1. The third-order valence-electron chi connectivity index (χ3n) is 4.55. The molecular formula is C17H19N5O4. The van der Waals surface area contributed by atoms with E-state index in [4.69, 9.17) is 10.5 Å². The van der Waals surface area contributed by atoms with E-state index in [1.54, 1.807) is 0 Å². The highest BCUT2D eigenvalue weighted by Crippen LogP contribution is 2.32. The van der Waals surface area contributed by atoms with E-state index in [1.807, 2.05) is 31.2 Å². The highest BCUT2D eigenvalue weighted by Gasteiger charge is 2.44. The Kier molecular flexibility index (Phi) is 4.08. The van der Waals surface area contributed by atoms with E-state index in [1.165, 1.54) is 10.9 Å². The number of rotatable bonds is 3. The van der Waals surface area contributed by atoms with Crippen LogP contribution >= 0.6 is 0 Å². The van der Waals surface area contributed by atoms with Crippen LogP contribution < -0.4 is 5.73 Å². The van der Waals surface area contributed by atoms with Gasteiger partial charge in [-0.1, -0.05) is 29.8 Å². The first-order chi connectivity index (χ1) is 12.5. The van der Waals surface area contributed by atoms with Gasteiger partial charge in [0.15, 0.2) is 23.5 Å². The van der Waals surface area contributed by atoms with Gasteiger partial charge in [0.25, 0.3) is 0 Å². The van der Waals surface area contributed by atoms with Crippen LogP contribution in [0.1, 0.15) is 11.8 Å². The molecule has 1 fully saturated rings. The Morgan fingerprint density at radius 1 is 1.15 bits per heavy atom. The maximum atomic E-state index is 10.3. The predicted molar refractivity (Wildman–Crippen MR) is 92.9 cm³/mol. The first-order valence-corrected chi connectivity index (χ1v) is 8.19. The molecule has 4 rings (SSSR count). The van der Waals surface area contributed by atoms with Crippen molar-refractivity contribution in [3.05, 3.63) is 36.2 Å². The minimum Gasteiger partial charge on any atom is -0.394 e. The standard InChI is InChI=1S/C17H19N5O4/c1-8-2-4-9(5-3-8)15-20-14(18)11-16(21-15)22(7-19-11)17-13(25)12(24)10(6-23)26-17/h2-5,7,10,12-13,17,23-25H,6H2,1H3,(H2,18,20,21)/t10-,12-,13-,17-/m1/s1. The summed E-state index contributed by atoms with van der Waals surface area (Å²) in [7, 11) is 0. The van der Waals surface area contributed by atoms with E-state index in [0.29, 0.717) is 17.0 Å². The number of nitrogen functional groups attached to an aromatic ring is 1. The molecule has 4 atom stereocenters. The van der Waals surface area contributed by atoms with Crippen LogP contribution in [0.2, 0.25) is 0 Å². The Balaban J connectivity index is 1.81. The molecule has 5 N–H and O–H groups in total. The number of aromatic nitrogens is 4. The van der Waals surface area contributed by atoms with Gasteiger partial charge in [-0.2, -0.15) is 0 Å². The van der Waals surface area contributed by atoms with Gasteiger partial charge in [0.2, 0.25) is 0 Å². The van der Waals surface area contributed by atoms with Crippen LogP contribution in [0.5, 0.6) is 0 Å². The molecule has 0 radical (unpaired) electrons. The van der Waals surface area contributed by atoms with Gasteiger partial charge in [-0.3, -0.25) is 4.57 Å². The van der Waals surface area contributed by atoms with Gasteiger partial charge in [-0.25, -0.2) is 15.0 Å². The zero-order valence-corrected chi connectivity index (χ0v) is 14.0. The molecule has 136 valence electrons. The molecule has 3 aromatic rings. The Morgan fingerprint density at radius 3 is 2.54 bits per heavy atom. The number of fused-ring (bicyclic) bond motifs is 1. The average Bonchev–Trinajstić information content (AvgIpc) is 3.18. The van der Waals surface area contributed by atoms with E-state index < -0.39 is 31.1 Å². The van der Waals surface area contributed by atoms with Gasteiger partial charge in [-0.05, 0) is 6.92 Å². The van der Waals surface area contributed by atoms with Gasteiger partial charge in [0, 0.05) is 5.56 Å². The molecule has 1 saturated heterocycles. The summed E-state index contributed by atoms with van der Waals surface area (Å²) < 4.78 is 7.06. The second-order valence-electron chi connectivity index (χ2n) is 6.35. The molecular weight excluding hydrogens is 338 g/mol. The second-order valence-corrected chi connectivity index (χ2v) is 6.35. The summed E-state index contributed by atoms with van der Waals surface area (Å²) in [6, 6.07) is 7.68. The van der Waals surface area contributed by atoms with Crippen molar-refractivity contribution in [3.63, 3.8) is 0 Å². The normalized spacial score (nSPS) is 25.8. The average molecular weight is 357 g/mol. The molecule has 26 heavy (non-hydrogen) atoms. The van der Waals surface area contributed by atoms with Crippen molar-refractivity contribution in [1.82, 2.24) is 19.5 Å². The van der Waals surface area contributed by atoms with Gasteiger partial charge in [0.1, 0.15) is 23.8 Å². The van der Waals surface area contributed by atoms with Crippen LogP contribution in [-0.4, -0.2) is 59.8 Å². The number of aliphatic hydroxyl groups is 3. The van der Waals surface area contributed by atoms with E-state index in [0.717, 1.165) is 11.1 Å². The Hall–Kier alpha value is -2.59. The van der Waals surface area contributed by atoms with E-state index >= 15 is 0 Å². The van der Waals surface area contributed by atoms with Crippen molar-refractivity contribution >= 4 is 17.0 Å². The Labute approximate surface area is 148 Å². The molecule has 1 aliphatic heterocycles. The van der Waals surface area contributed by atoms with Crippen molar-refractivity contribution in [3.8, 4) is 11.4 Å². The summed E-state index contributed by atoms with van der Waals surface area (Å²) >= 11 is 0. The fourth-order valence-electron chi connectivity index (χ4n) is 3.07. The lowest BCUT2D eigenvalue weighted by Gasteiger charge is -2.16. The molecule has 0 spiro atoms. The van der Waals surface area contributed by atoms with Crippen molar-refractivity contribution in [2.45, 2.75) is 31.5 Å². The molecule has 3 heterocycles. The summed E-state index contributed by atoms with van der Waals surface area (Å²) in [6.07, 6.45) is -2.84. The maximum Gasteiger partial charge on any atom is 0.168 e. The number of aliphatic hydroxyl groups excluding tert-OH is 3. The van der Waals surface area contributed by atoms with E-state index in [9.17, 15) is 15.3 Å². The van der Waals surface area contributed by atoms with E-state index in [-0.39, 0.29) is 5.82 Å². The van der Waals surface area contributed by atoms with Gasteiger partial charge >= 0.3 is 0 Å². The molecule has 0 saturated carbocycles. The number of aryl methyl sites for hydroxylation is 1. The lowest BCUT2D eigenvalue weighted by Crippen LogP contribution is -2.33. The topological polar surface area (TPSA) is 140 Å². The molecule has 9 heteroatoms. The van der Waals surface area contributed by atoms with Crippen LogP contribution in [0.25, 0.3) is 22.6 Å². The predicted octanol–water partition coefficient (Wildman–Crippen LogP) is -0.00458. The number of nitrogens with two attached hydrogens (primary N) is 1. The minimum atomic E-state index is -1.23. The summed E-state index contributed by atoms with van der Waals surface area (Å²) in [4.78, 5) is 13.0. The van der Waals surface area contributed by atoms with Crippen molar-refractivity contribution in [2.24, 2.45) is 0 Å². The lowest BCUT2D eigenvalue weighted by molar-refractivity contribution is -0.0511. The van der Waals surface area contributed by atoms with Crippen molar-refractivity contribution in [2.75, 3.05) is 12.3 Å². The molecule has 0 unspecified atom stereocenters. The quantitative estimate of drug-likeness (QED) is 0.513. The summed E-state index contributed by atoms with van der Waals surface area (Å²) in [6.45, 7) is 1.58. The van der Waals surface area contributed by atoms with Gasteiger partial charge in [-0.15, -0.1) is 0 Å². The number of anilines is 1. The number of ether oxygens (including phenoxy) is 1. The minimum absolute atomic E-state index is 0.205. The third kappa shape index (κ3) is 2.61. The molecule has 1 aromatic carbocycles. The molecule has 0 aliphatic carbocycles. The van der Waals surface area contributed by atoms with Crippen molar-refractivity contribution < 1.29 is 20.1 Å². The molecule has 1 aliphatic rings. The molecule has 9 nitrogen and oxygen atoms in total. The number of imidazole rings is 1. The molecule has 0 bridgehead atoms. The summed E-state index contributed by atoms with van der Waals surface area (Å²) in [5.74, 6) is 0.625. The zero-order valence-electron chi connectivity index (χ0n) is 14.0. The monoisotopic (exact) mass is 357 g/mol. The smallest absolute Gasteiger partial charge is 0.168 e. The number of hydrogen-bond donors (Lipinski definition) is 4. The summed E-state index contributed by atoms with van der Waals surface area (Å²) in [5, 5.41) is 29.5. The Bertz CT molecular complexity index is 942. The van der Waals surface area contributed by atoms with Crippen LogP contribution in [0, 0.1) is 6.92 Å². The largest absolute Gasteiger partial charge is 0.394 e. The summed E-state index contributed by atoms with van der Waals surface area (Å²) in [5.41, 5.74) is 8.68. The fourth-order valence-corrected chi connectivity index (χ4v) is 3.07. The van der Waals surface area contributed by atoms with Crippen LogP contribution in [0.4, 0.5) is 5.82 Å². The fraction of sp³-hybridized carbons (Fsp3) is 0.353.